The Morgan fingerprint density at radius 2 is 2.13 bits per heavy atom. The number of benzene rings is 1. The molecule has 1 aliphatic heterocycles. The molecule has 4 heteroatoms. The number of hydrogen-bond acceptors (Lipinski definition) is 4. The summed E-state index contributed by atoms with van der Waals surface area (Å²) in [6.45, 7) is 7.56. The number of allylic oxidation sites excluding steroid dienone is 2. The first kappa shape index (κ1) is 15.8. The highest BCUT2D eigenvalue weighted by Gasteiger charge is 2.36. The molecule has 0 spiro atoms. The summed E-state index contributed by atoms with van der Waals surface area (Å²) < 4.78 is 11.5. The molecule has 3 rings (SSSR count). The first-order valence-electron chi connectivity index (χ1n) is 7.86. The maximum absolute atomic E-state index is 11.6. The van der Waals surface area contributed by atoms with E-state index in [4.69, 9.17) is 9.15 Å². The molecule has 1 aliphatic rings. The van der Waals surface area contributed by atoms with E-state index < -0.39 is 5.60 Å². The number of rotatable bonds is 3. The molecule has 1 aromatic heterocycles. The van der Waals surface area contributed by atoms with Gasteiger partial charge in [0.25, 0.3) is 0 Å². The molecule has 0 bridgehead atoms. The molecular weight excluding hydrogens is 292 g/mol. The molecule has 0 saturated carbocycles. The summed E-state index contributed by atoms with van der Waals surface area (Å²) in [7, 11) is 0. The molecule has 2 aromatic rings. The minimum atomic E-state index is -0.931. The SMILES string of the molecule is CC(C)=CCc1c2c(cc3ccc(=O)oc13)C[C@@H](C(C)(C)O)O2. The number of aliphatic hydroxyl groups is 1. The molecule has 1 atom stereocenters. The van der Waals surface area contributed by atoms with E-state index >= 15 is 0 Å². The van der Waals surface area contributed by atoms with Crippen LogP contribution in [0.15, 0.2) is 39.1 Å². The average molecular weight is 314 g/mol. The molecule has 23 heavy (non-hydrogen) atoms. The lowest BCUT2D eigenvalue weighted by atomic mass is 9.95. The Morgan fingerprint density at radius 1 is 1.39 bits per heavy atom. The number of fused-ring (bicyclic) bond motifs is 2. The van der Waals surface area contributed by atoms with Crippen LogP contribution in [0.3, 0.4) is 0 Å². The lowest BCUT2D eigenvalue weighted by Gasteiger charge is -2.24. The molecule has 0 radical (unpaired) electrons. The zero-order chi connectivity index (χ0) is 16.8. The van der Waals surface area contributed by atoms with Crippen LogP contribution in [0.25, 0.3) is 11.0 Å². The zero-order valence-electron chi connectivity index (χ0n) is 14.0. The van der Waals surface area contributed by atoms with E-state index in [1.165, 1.54) is 11.6 Å². The van der Waals surface area contributed by atoms with Crippen molar-refractivity contribution in [2.75, 3.05) is 0 Å². The summed E-state index contributed by atoms with van der Waals surface area (Å²) in [5.41, 5.74) is 2.39. The van der Waals surface area contributed by atoms with Crippen molar-refractivity contribution in [3.05, 3.63) is 51.4 Å². The van der Waals surface area contributed by atoms with Crippen molar-refractivity contribution in [3.8, 4) is 5.75 Å². The largest absolute Gasteiger partial charge is 0.486 e. The van der Waals surface area contributed by atoms with Gasteiger partial charge in [-0.25, -0.2) is 4.79 Å². The van der Waals surface area contributed by atoms with Crippen LogP contribution in [0.4, 0.5) is 0 Å². The van der Waals surface area contributed by atoms with Crippen LogP contribution in [-0.2, 0) is 12.8 Å². The maximum atomic E-state index is 11.6. The van der Waals surface area contributed by atoms with E-state index in [1.807, 2.05) is 19.9 Å². The van der Waals surface area contributed by atoms with Crippen LogP contribution < -0.4 is 10.4 Å². The van der Waals surface area contributed by atoms with E-state index in [1.54, 1.807) is 19.9 Å². The van der Waals surface area contributed by atoms with Crippen LogP contribution in [0, 0.1) is 0 Å². The molecule has 122 valence electrons. The Labute approximate surface area is 135 Å². The molecule has 0 saturated heterocycles. The van der Waals surface area contributed by atoms with E-state index in [2.05, 4.69) is 6.08 Å². The summed E-state index contributed by atoms with van der Waals surface area (Å²) >= 11 is 0. The van der Waals surface area contributed by atoms with Crippen LogP contribution in [0.2, 0.25) is 0 Å². The molecule has 4 nitrogen and oxygen atoms in total. The van der Waals surface area contributed by atoms with E-state index in [0.29, 0.717) is 18.4 Å². The maximum Gasteiger partial charge on any atom is 0.336 e. The van der Waals surface area contributed by atoms with Crippen molar-refractivity contribution in [2.24, 2.45) is 0 Å². The average Bonchev–Trinajstić information content (AvgIpc) is 2.87. The summed E-state index contributed by atoms with van der Waals surface area (Å²) in [6.07, 6.45) is 3.07. The predicted octanol–water partition coefficient (Wildman–Crippen LogP) is 3.38. The minimum Gasteiger partial charge on any atom is -0.486 e. The molecule has 1 N–H and O–H groups in total. The van der Waals surface area contributed by atoms with Gasteiger partial charge in [0, 0.05) is 23.4 Å². The fraction of sp³-hybridized carbons (Fsp3) is 0.421. The van der Waals surface area contributed by atoms with Crippen molar-refractivity contribution < 1.29 is 14.3 Å². The third-order valence-corrected chi connectivity index (χ3v) is 4.20. The Hall–Kier alpha value is -2.07. The third kappa shape index (κ3) is 3.04. The van der Waals surface area contributed by atoms with Crippen LogP contribution in [0.5, 0.6) is 5.75 Å². The topological polar surface area (TPSA) is 59.7 Å². The van der Waals surface area contributed by atoms with Crippen molar-refractivity contribution in [1.29, 1.82) is 0 Å². The zero-order valence-corrected chi connectivity index (χ0v) is 14.0. The van der Waals surface area contributed by atoms with Gasteiger partial charge in [0.15, 0.2) is 0 Å². The van der Waals surface area contributed by atoms with Crippen LogP contribution >= 0.6 is 0 Å². The highest BCUT2D eigenvalue weighted by atomic mass is 16.5. The number of ether oxygens (including phenoxy) is 1. The van der Waals surface area contributed by atoms with Gasteiger partial charge in [-0.1, -0.05) is 11.6 Å². The molecule has 0 fully saturated rings. The van der Waals surface area contributed by atoms with Crippen molar-refractivity contribution in [1.82, 2.24) is 0 Å². The lowest BCUT2D eigenvalue weighted by molar-refractivity contribution is -0.0231. The van der Waals surface area contributed by atoms with E-state index in [-0.39, 0.29) is 11.7 Å². The predicted molar refractivity (Wildman–Crippen MR) is 90.0 cm³/mol. The van der Waals surface area contributed by atoms with Gasteiger partial charge in [-0.05, 0) is 51.8 Å². The summed E-state index contributed by atoms with van der Waals surface area (Å²) in [5, 5.41) is 11.2. The second-order valence-electron chi connectivity index (χ2n) is 6.97. The Morgan fingerprint density at radius 3 is 2.78 bits per heavy atom. The smallest absolute Gasteiger partial charge is 0.336 e. The number of hydrogen-bond donors (Lipinski definition) is 1. The minimum absolute atomic E-state index is 0.300. The summed E-state index contributed by atoms with van der Waals surface area (Å²) in [5.74, 6) is 0.747. The fourth-order valence-electron chi connectivity index (χ4n) is 2.89. The van der Waals surface area contributed by atoms with Gasteiger partial charge >= 0.3 is 5.63 Å². The second kappa shape index (κ2) is 5.53. The van der Waals surface area contributed by atoms with Crippen LogP contribution in [-0.4, -0.2) is 16.8 Å². The molecule has 2 heterocycles. The first-order valence-corrected chi connectivity index (χ1v) is 7.86. The van der Waals surface area contributed by atoms with Crippen molar-refractivity contribution >= 4 is 11.0 Å². The van der Waals surface area contributed by atoms with Gasteiger partial charge < -0.3 is 14.3 Å². The standard InChI is InChI=1S/C19H22O4/c1-11(2)5-7-14-17-12(6-8-16(20)23-17)9-13-10-15(19(3,4)21)22-18(13)14/h5-6,8-9,15,21H,7,10H2,1-4H3/t15-/m0/s1. The quantitative estimate of drug-likeness (QED) is 0.697. The Balaban J connectivity index is 2.19. The molecule has 0 unspecified atom stereocenters. The van der Waals surface area contributed by atoms with Crippen molar-refractivity contribution in [2.45, 2.75) is 52.2 Å². The van der Waals surface area contributed by atoms with Crippen LogP contribution in [0.1, 0.15) is 38.8 Å². The summed E-state index contributed by atoms with van der Waals surface area (Å²) in [6, 6.07) is 5.21. The Bertz CT molecular complexity index is 833. The molecule has 1 aromatic carbocycles. The highest BCUT2D eigenvalue weighted by Crippen LogP contribution is 2.40. The van der Waals surface area contributed by atoms with Gasteiger partial charge in [0.2, 0.25) is 0 Å². The van der Waals surface area contributed by atoms with E-state index in [9.17, 15) is 9.90 Å². The highest BCUT2D eigenvalue weighted by molar-refractivity contribution is 5.84. The van der Waals surface area contributed by atoms with E-state index in [0.717, 1.165) is 22.3 Å². The fourth-order valence-corrected chi connectivity index (χ4v) is 2.89. The lowest BCUT2D eigenvalue weighted by Crippen LogP contribution is -2.39. The molecule has 0 amide bonds. The normalized spacial score (nSPS) is 17.0. The molecular formula is C19H22O4. The van der Waals surface area contributed by atoms with Gasteiger partial charge in [0.05, 0.1) is 5.60 Å². The van der Waals surface area contributed by atoms with Crippen molar-refractivity contribution in [3.63, 3.8) is 0 Å². The van der Waals surface area contributed by atoms with Gasteiger partial charge in [-0.15, -0.1) is 0 Å². The monoisotopic (exact) mass is 314 g/mol. The van der Waals surface area contributed by atoms with Gasteiger partial charge in [-0.2, -0.15) is 0 Å². The van der Waals surface area contributed by atoms with Gasteiger partial charge in [0.1, 0.15) is 17.4 Å². The Kier molecular flexibility index (Phi) is 3.80. The third-order valence-electron chi connectivity index (χ3n) is 4.20. The second-order valence-corrected chi connectivity index (χ2v) is 6.97. The summed E-state index contributed by atoms with van der Waals surface area (Å²) in [4.78, 5) is 11.6. The van der Waals surface area contributed by atoms with Gasteiger partial charge in [-0.3, -0.25) is 0 Å². The first-order chi connectivity index (χ1) is 10.8. The molecule has 0 aliphatic carbocycles.